The van der Waals surface area contributed by atoms with Crippen LogP contribution in [-0.4, -0.2) is 32.1 Å². The van der Waals surface area contributed by atoms with Crippen molar-refractivity contribution in [1.82, 2.24) is 9.97 Å². The summed E-state index contributed by atoms with van der Waals surface area (Å²) in [5.41, 5.74) is 5.68. The fourth-order valence-electron chi connectivity index (χ4n) is 3.59. The number of carboxylic acids is 2. The van der Waals surface area contributed by atoms with E-state index in [0.717, 1.165) is 32.6 Å². The number of benzene rings is 1. The summed E-state index contributed by atoms with van der Waals surface area (Å²) in [6.45, 7) is 7.29. The number of nitrogens with one attached hydrogen (secondary N) is 2. The van der Waals surface area contributed by atoms with E-state index in [4.69, 9.17) is 0 Å². The Hall–Kier alpha value is -2.80. The number of hydrogen-bond donors (Lipinski definition) is 4. The largest absolute Gasteiger partial charge is 0.477 e. The van der Waals surface area contributed by atoms with Gasteiger partial charge in [-0.15, -0.1) is 0 Å². The van der Waals surface area contributed by atoms with E-state index < -0.39 is 11.9 Å². The van der Waals surface area contributed by atoms with Crippen molar-refractivity contribution in [1.29, 1.82) is 0 Å². The monoisotopic (exact) mass is 444 g/mol. The van der Waals surface area contributed by atoms with E-state index in [9.17, 15) is 19.8 Å². The lowest BCUT2D eigenvalue weighted by atomic mass is 9.88. The van der Waals surface area contributed by atoms with Gasteiger partial charge in [0.05, 0.1) is 5.92 Å². The quantitative estimate of drug-likeness (QED) is 0.448. The molecule has 0 aliphatic heterocycles. The summed E-state index contributed by atoms with van der Waals surface area (Å²) in [6.07, 6.45) is 0. The molecule has 0 bridgehead atoms. The lowest BCUT2D eigenvalue weighted by molar-refractivity contribution is 0.0679. The zero-order valence-corrected chi connectivity index (χ0v) is 17.6. The first-order valence-electron chi connectivity index (χ1n) is 8.73. The average molecular weight is 445 g/mol. The highest BCUT2D eigenvalue weighted by Crippen LogP contribution is 2.38. The maximum atomic E-state index is 11.6. The Balaban J connectivity index is 2.33. The number of aromatic nitrogens is 2. The third-order valence-electron chi connectivity index (χ3n) is 5.39. The molecule has 28 heavy (non-hydrogen) atoms. The molecule has 0 atom stereocenters. The van der Waals surface area contributed by atoms with Crippen molar-refractivity contribution < 1.29 is 19.8 Å². The summed E-state index contributed by atoms with van der Waals surface area (Å²) in [7, 11) is 0. The molecule has 0 saturated carbocycles. The number of carboxylic acid groups (broad SMARTS) is 2. The summed E-state index contributed by atoms with van der Waals surface area (Å²) in [5, 5.41) is 19.0. The van der Waals surface area contributed by atoms with Gasteiger partial charge in [-0.25, -0.2) is 9.59 Å². The third-order valence-corrected chi connectivity index (χ3v) is 5.88. The molecule has 146 valence electrons. The zero-order valence-electron chi connectivity index (χ0n) is 16.0. The van der Waals surface area contributed by atoms with Crippen molar-refractivity contribution in [3.63, 3.8) is 0 Å². The fourth-order valence-corrected chi connectivity index (χ4v) is 4.01. The molecule has 0 fully saturated rings. The van der Waals surface area contributed by atoms with Crippen LogP contribution in [0.3, 0.4) is 0 Å². The van der Waals surface area contributed by atoms with Crippen molar-refractivity contribution in [2.24, 2.45) is 0 Å². The van der Waals surface area contributed by atoms with Gasteiger partial charge in [0.1, 0.15) is 11.4 Å². The van der Waals surface area contributed by atoms with E-state index in [1.54, 1.807) is 13.8 Å². The van der Waals surface area contributed by atoms with Crippen molar-refractivity contribution in [2.45, 2.75) is 33.6 Å². The number of hydrogen-bond acceptors (Lipinski definition) is 2. The van der Waals surface area contributed by atoms with Gasteiger partial charge in [-0.2, -0.15) is 0 Å². The van der Waals surface area contributed by atoms with Gasteiger partial charge in [-0.3, -0.25) is 0 Å². The third kappa shape index (κ3) is 3.26. The van der Waals surface area contributed by atoms with E-state index >= 15 is 0 Å². The molecule has 0 amide bonds. The van der Waals surface area contributed by atoms with Gasteiger partial charge in [0.15, 0.2) is 0 Å². The number of H-pyrrole nitrogens is 2. The maximum Gasteiger partial charge on any atom is 0.352 e. The molecule has 1 aromatic carbocycles. The zero-order chi connectivity index (χ0) is 20.7. The minimum absolute atomic E-state index is 0.145. The Labute approximate surface area is 170 Å². The molecule has 0 spiro atoms. The second kappa shape index (κ2) is 7.31. The number of halogens is 1. The predicted molar refractivity (Wildman–Crippen MR) is 110 cm³/mol. The molecule has 0 saturated heterocycles. The van der Waals surface area contributed by atoms with Gasteiger partial charge in [0.2, 0.25) is 0 Å². The summed E-state index contributed by atoms with van der Waals surface area (Å²) >= 11 is 3.49. The Kier molecular flexibility index (Phi) is 5.21. The van der Waals surface area contributed by atoms with Crippen molar-refractivity contribution in [3.05, 3.63) is 79.3 Å². The number of aromatic carboxylic acids is 2. The van der Waals surface area contributed by atoms with Crippen LogP contribution in [0.25, 0.3) is 0 Å². The molecular weight excluding hydrogens is 424 g/mol. The van der Waals surface area contributed by atoms with Crippen molar-refractivity contribution >= 4 is 27.9 Å². The van der Waals surface area contributed by atoms with Crippen LogP contribution in [0.1, 0.15) is 66.1 Å². The van der Waals surface area contributed by atoms with Crippen LogP contribution in [0.4, 0.5) is 0 Å². The summed E-state index contributed by atoms with van der Waals surface area (Å²) in [6, 6.07) is 7.71. The Bertz CT molecular complexity index is 1030. The van der Waals surface area contributed by atoms with E-state index in [0.29, 0.717) is 11.1 Å². The summed E-state index contributed by atoms with van der Waals surface area (Å²) in [4.78, 5) is 29.4. The first-order valence-corrected chi connectivity index (χ1v) is 9.52. The highest BCUT2D eigenvalue weighted by atomic mass is 79.9. The minimum atomic E-state index is -1.02. The fraction of sp³-hybridized carbons (Fsp3) is 0.238. The van der Waals surface area contributed by atoms with Crippen LogP contribution in [0.2, 0.25) is 0 Å². The van der Waals surface area contributed by atoms with Crippen LogP contribution in [0.15, 0.2) is 28.7 Å². The first kappa shape index (κ1) is 19.9. The normalized spacial score (nSPS) is 11.2. The van der Waals surface area contributed by atoms with Gasteiger partial charge in [0, 0.05) is 15.9 Å². The van der Waals surface area contributed by atoms with E-state index in [-0.39, 0.29) is 17.3 Å². The standard InChI is InChI=1S/C21H21BrN2O4/c1-9-11(3)18(20(25)26)23-16(9)15(13-6-5-7-14(22)8-13)17-10(2)12(4)19(24-17)21(27)28/h5-8,15,23-24H,1-4H3,(H,25,26)(H,27,28). The molecule has 6 nitrogen and oxygen atoms in total. The molecule has 7 heteroatoms. The van der Waals surface area contributed by atoms with Crippen LogP contribution >= 0.6 is 15.9 Å². The maximum absolute atomic E-state index is 11.6. The van der Waals surface area contributed by atoms with Gasteiger partial charge >= 0.3 is 11.9 Å². The lowest BCUT2D eigenvalue weighted by Gasteiger charge is -2.19. The Morgan fingerprint density at radius 3 is 1.68 bits per heavy atom. The van der Waals surface area contributed by atoms with E-state index in [1.807, 2.05) is 38.1 Å². The molecule has 2 aromatic heterocycles. The second-order valence-electron chi connectivity index (χ2n) is 6.93. The topological polar surface area (TPSA) is 106 Å². The van der Waals surface area contributed by atoms with Crippen LogP contribution in [-0.2, 0) is 0 Å². The smallest absolute Gasteiger partial charge is 0.352 e. The Morgan fingerprint density at radius 2 is 1.32 bits per heavy atom. The number of aromatic amines is 2. The number of rotatable bonds is 5. The van der Waals surface area contributed by atoms with Gasteiger partial charge < -0.3 is 20.2 Å². The molecule has 2 heterocycles. The molecule has 0 aliphatic carbocycles. The molecule has 0 radical (unpaired) electrons. The van der Waals surface area contributed by atoms with E-state index in [1.165, 1.54) is 0 Å². The summed E-state index contributed by atoms with van der Waals surface area (Å²) < 4.78 is 0.883. The molecule has 3 aromatic rings. The Morgan fingerprint density at radius 1 is 0.857 bits per heavy atom. The molecule has 0 aliphatic rings. The molecular formula is C21H21BrN2O4. The van der Waals surface area contributed by atoms with E-state index in [2.05, 4.69) is 25.9 Å². The lowest BCUT2D eigenvalue weighted by Crippen LogP contribution is -2.09. The van der Waals surface area contributed by atoms with Crippen LogP contribution in [0, 0.1) is 27.7 Å². The molecule has 0 unspecified atom stereocenters. The SMILES string of the molecule is Cc1c(C(=O)O)[nH]c(C(c2cccc(Br)c2)c2[nH]c(C(=O)O)c(C)c2C)c1C. The van der Waals surface area contributed by atoms with Crippen LogP contribution < -0.4 is 0 Å². The predicted octanol–water partition coefficient (Wildman–Crippen LogP) is 4.92. The van der Waals surface area contributed by atoms with Gasteiger partial charge in [0.25, 0.3) is 0 Å². The van der Waals surface area contributed by atoms with Gasteiger partial charge in [-0.05, 0) is 67.6 Å². The first-order chi connectivity index (χ1) is 13.1. The highest BCUT2D eigenvalue weighted by Gasteiger charge is 2.29. The highest BCUT2D eigenvalue weighted by molar-refractivity contribution is 9.10. The number of carbonyl (C=O) groups is 2. The van der Waals surface area contributed by atoms with Crippen molar-refractivity contribution in [3.8, 4) is 0 Å². The van der Waals surface area contributed by atoms with Crippen LogP contribution in [0.5, 0.6) is 0 Å². The average Bonchev–Trinajstić information content (AvgIpc) is 3.08. The minimum Gasteiger partial charge on any atom is -0.477 e. The second-order valence-corrected chi connectivity index (χ2v) is 7.84. The van der Waals surface area contributed by atoms with Gasteiger partial charge in [-0.1, -0.05) is 28.1 Å². The molecule has 4 N–H and O–H groups in total. The molecule has 3 rings (SSSR count). The van der Waals surface area contributed by atoms with Crippen molar-refractivity contribution in [2.75, 3.05) is 0 Å². The summed E-state index contributed by atoms with van der Waals surface area (Å²) in [5.74, 6) is -2.41.